The zero-order chi connectivity index (χ0) is 14.3. The molecule has 1 saturated carbocycles. The molecule has 6 nitrogen and oxygen atoms in total. The molecule has 1 unspecified atom stereocenters. The summed E-state index contributed by atoms with van der Waals surface area (Å²) in [5.41, 5.74) is 5.77. The number of aromatic nitrogens is 2. The molecule has 3 N–H and O–H groups in total. The molecule has 0 aromatic carbocycles. The maximum Gasteiger partial charge on any atom is 0.260 e. The van der Waals surface area contributed by atoms with Gasteiger partial charge < -0.3 is 5.73 Å². The first kappa shape index (κ1) is 13.8. The molecule has 2 aromatic heterocycles. The number of nitrogens with zero attached hydrogens (tertiary/aromatic N) is 2. The van der Waals surface area contributed by atoms with Crippen LogP contribution in [0.4, 0.5) is 5.82 Å². The summed E-state index contributed by atoms with van der Waals surface area (Å²) in [6.07, 6.45) is 6.21. The Morgan fingerprint density at radius 2 is 2.20 bits per heavy atom. The fourth-order valence-electron chi connectivity index (χ4n) is 2.90. The van der Waals surface area contributed by atoms with E-state index >= 15 is 0 Å². The van der Waals surface area contributed by atoms with E-state index in [2.05, 4.69) is 9.71 Å². The van der Waals surface area contributed by atoms with Gasteiger partial charge in [-0.3, -0.25) is 4.40 Å². The van der Waals surface area contributed by atoms with Crippen molar-refractivity contribution < 1.29 is 8.42 Å². The molecule has 1 atom stereocenters. The molecular formula is C12H18N4O2S2. The second-order valence-electron chi connectivity index (χ2n) is 5.31. The second-order valence-corrected chi connectivity index (χ2v) is 7.81. The SMILES string of the molecule is CC(NS(=O)(=O)c1c(N)nc2sccn12)C1CCCC1. The van der Waals surface area contributed by atoms with Crippen LogP contribution in [0.15, 0.2) is 16.6 Å². The van der Waals surface area contributed by atoms with Gasteiger partial charge in [0, 0.05) is 17.6 Å². The summed E-state index contributed by atoms with van der Waals surface area (Å²) >= 11 is 1.36. The fraction of sp³-hybridized carbons (Fsp3) is 0.583. The number of thiazole rings is 1. The van der Waals surface area contributed by atoms with Crippen molar-refractivity contribution in [3.05, 3.63) is 11.6 Å². The van der Waals surface area contributed by atoms with Crippen molar-refractivity contribution in [2.24, 2.45) is 5.92 Å². The minimum Gasteiger partial charge on any atom is -0.381 e. The van der Waals surface area contributed by atoms with Gasteiger partial charge in [-0.1, -0.05) is 12.8 Å². The highest BCUT2D eigenvalue weighted by Crippen LogP contribution is 2.29. The molecule has 1 aliphatic rings. The lowest BCUT2D eigenvalue weighted by atomic mass is 10.0. The predicted molar refractivity (Wildman–Crippen MR) is 79.2 cm³/mol. The molecule has 8 heteroatoms. The molecule has 1 fully saturated rings. The number of nitrogen functional groups attached to an aromatic ring is 1. The molecule has 0 saturated heterocycles. The quantitative estimate of drug-likeness (QED) is 0.901. The predicted octanol–water partition coefficient (Wildman–Crippen LogP) is 1.84. The summed E-state index contributed by atoms with van der Waals surface area (Å²) in [5.74, 6) is 0.472. The summed E-state index contributed by atoms with van der Waals surface area (Å²) in [6, 6.07) is -0.0777. The van der Waals surface area contributed by atoms with Crippen LogP contribution >= 0.6 is 11.3 Å². The zero-order valence-electron chi connectivity index (χ0n) is 11.2. The van der Waals surface area contributed by atoms with E-state index in [4.69, 9.17) is 5.73 Å². The number of rotatable bonds is 4. The summed E-state index contributed by atoms with van der Waals surface area (Å²) in [6.45, 7) is 1.93. The molecule has 0 radical (unpaired) electrons. The standard InChI is InChI=1S/C12H18N4O2S2/c1-8(9-4-2-3-5-9)15-20(17,18)11-10(13)14-12-16(11)6-7-19-12/h6-9,15H,2-5,13H2,1H3. The van der Waals surface area contributed by atoms with Crippen molar-refractivity contribution >= 4 is 32.1 Å². The Balaban J connectivity index is 1.91. The van der Waals surface area contributed by atoms with E-state index in [1.807, 2.05) is 6.92 Å². The van der Waals surface area contributed by atoms with Crippen molar-refractivity contribution in [2.45, 2.75) is 43.7 Å². The summed E-state index contributed by atoms with van der Waals surface area (Å²) < 4.78 is 29.4. The number of hydrogen-bond acceptors (Lipinski definition) is 5. The molecule has 1 aliphatic carbocycles. The first-order chi connectivity index (χ1) is 9.49. The summed E-state index contributed by atoms with van der Waals surface area (Å²) in [7, 11) is -3.65. The van der Waals surface area contributed by atoms with Crippen molar-refractivity contribution in [3.63, 3.8) is 0 Å². The van der Waals surface area contributed by atoms with Crippen LogP contribution in [-0.4, -0.2) is 23.8 Å². The highest BCUT2D eigenvalue weighted by atomic mass is 32.2. The minimum absolute atomic E-state index is 0.0543. The van der Waals surface area contributed by atoms with E-state index in [-0.39, 0.29) is 16.9 Å². The maximum absolute atomic E-state index is 12.5. The number of imidazole rings is 1. The van der Waals surface area contributed by atoms with Gasteiger partial charge in [0.15, 0.2) is 15.8 Å². The first-order valence-electron chi connectivity index (χ1n) is 6.72. The Labute approximate surface area is 122 Å². The number of sulfonamides is 1. The van der Waals surface area contributed by atoms with Gasteiger partial charge >= 0.3 is 0 Å². The molecule has 2 heterocycles. The molecule has 20 heavy (non-hydrogen) atoms. The van der Waals surface area contributed by atoms with Crippen LogP contribution in [0.5, 0.6) is 0 Å². The summed E-state index contributed by atoms with van der Waals surface area (Å²) in [4.78, 5) is 4.68. The number of nitrogens with one attached hydrogen (secondary N) is 1. The largest absolute Gasteiger partial charge is 0.381 e. The zero-order valence-corrected chi connectivity index (χ0v) is 12.9. The van der Waals surface area contributed by atoms with Gasteiger partial charge in [-0.05, 0) is 25.7 Å². The van der Waals surface area contributed by atoms with E-state index in [1.54, 1.807) is 11.6 Å². The van der Waals surface area contributed by atoms with Crippen LogP contribution < -0.4 is 10.5 Å². The first-order valence-corrected chi connectivity index (χ1v) is 9.08. The third kappa shape index (κ3) is 2.32. The van der Waals surface area contributed by atoms with Crippen molar-refractivity contribution in [1.29, 1.82) is 0 Å². The molecule has 0 bridgehead atoms. The number of fused-ring (bicyclic) bond motifs is 1. The monoisotopic (exact) mass is 314 g/mol. The third-order valence-electron chi connectivity index (χ3n) is 3.95. The molecule has 0 spiro atoms. The molecule has 3 rings (SSSR count). The van der Waals surface area contributed by atoms with Gasteiger partial charge in [0.2, 0.25) is 0 Å². The Hall–Kier alpha value is -1.12. The molecule has 2 aromatic rings. The fourth-order valence-corrected chi connectivity index (χ4v) is 5.20. The smallest absolute Gasteiger partial charge is 0.260 e. The van der Waals surface area contributed by atoms with E-state index in [0.29, 0.717) is 10.9 Å². The highest BCUT2D eigenvalue weighted by molar-refractivity contribution is 7.89. The summed E-state index contributed by atoms with van der Waals surface area (Å²) in [5, 5.41) is 1.85. The van der Waals surface area contributed by atoms with E-state index in [9.17, 15) is 8.42 Å². The van der Waals surface area contributed by atoms with Gasteiger partial charge in [-0.2, -0.15) is 0 Å². The lowest BCUT2D eigenvalue weighted by Crippen LogP contribution is -2.37. The molecule has 110 valence electrons. The minimum atomic E-state index is -3.65. The van der Waals surface area contributed by atoms with Gasteiger partial charge in [0.1, 0.15) is 0 Å². The molecule has 0 aliphatic heterocycles. The van der Waals surface area contributed by atoms with Crippen molar-refractivity contribution in [3.8, 4) is 0 Å². The van der Waals surface area contributed by atoms with Crippen LogP contribution in [0.25, 0.3) is 4.96 Å². The van der Waals surface area contributed by atoms with Crippen molar-refractivity contribution in [2.75, 3.05) is 5.73 Å². The lowest BCUT2D eigenvalue weighted by molar-refractivity contribution is 0.423. The van der Waals surface area contributed by atoms with Gasteiger partial charge in [0.05, 0.1) is 0 Å². The Bertz CT molecular complexity index is 713. The molecule has 0 amide bonds. The maximum atomic E-state index is 12.5. The van der Waals surface area contributed by atoms with Crippen LogP contribution in [0, 0.1) is 5.92 Å². The van der Waals surface area contributed by atoms with E-state index in [0.717, 1.165) is 12.8 Å². The second kappa shape index (κ2) is 5.01. The van der Waals surface area contributed by atoms with Crippen LogP contribution in [0.1, 0.15) is 32.6 Å². The van der Waals surface area contributed by atoms with Crippen LogP contribution in [0.3, 0.4) is 0 Å². The molecular weight excluding hydrogens is 296 g/mol. The Morgan fingerprint density at radius 1 is 1.50 bits per heavy atom. The van der Waals surface area contributed by atoms with Gasteiger partial charge in [-0.25, -0.2) is 18.1 Å². The Kier molecular flexibility index (Phi) is 3.47. The van der Waals surface area contributed by atoms with Crippen LogP contribution in [0.2, 0.25) is 0 Å². The van der Waals surface area contributed by atoms with Crippen molar-refractivity contribution in [1.82, 2.24) is 14.1 Å². The Morgan fingerprint density at radius 3 is 2.90 bits per heavy atom. The van der Waals surface area contributed by atoms with E-state index < -0.39 is 10.0 Å². The topological polar surface area (TPSA) is 89.5 Å². The van der Waals surface area contributed by atoms with Gasteiger partial charge in [-0.15, -0.1) is 11.3 Å². The average molecular weight is 314 g/mol. The highest BCUT2D eigenvalue weighted by Gasteiger charge is 2.30. The third-order valence-corrected chi connectivity index (χ3v) is 6.30. The number of anilines is 1. The number of hydrogen-bond donors (Lipinski definition) is 2. The average Bonchev–Trinajstić information content (AvgIpc) is 3.01. The number of nitrogens with two attached hydrogens (primary N) is 1. The van der Waals surface area contributed by atoms with E-state index in [1.165, 1.54) is 28.6 Å². The van der Waals surface area contributed by atoms with Gasteiger partial charge in [0.25, 0.3) is 10.0 Å². The van der Waals surface area contributed by atoms with Crippen LogP contribution in [-0.2, 0) is 10.0 Å². The normalized spacial score (nSPS) is 18.9. The lowest BCUT2D eigenvalue weighted by Gasteiger charge is -2.20.